The Balaban J connectivity index is 3.91. The summed E-state index contributed by atoms with van der Waals surface area (Å²) in [6, 6.07) is -0.487. The van der Waals surface area contributed by atoms with Gasteiger partial charge in [0.15, 0.2) is 0 Å². The van der Waals surface area contributed by atoms with Gasteiger partial charge in [-0.2, -0.15) is 0 Å². The van der Waals surface area contributed by atoms with Crippen LogP contribution in [0.15, 0.2) is 0 Å². The first-order chi connectivity index (χ1) is 9.02. The number of aliphatic carboxylic acids is 1. The van der Waals surface area contributed by atoms with Crippen LogP contribution in [0.4, 0.5) is 4.79 Å². The fraction of sp³-hybridized carbons (Fsp3) is 0.846. The molecule has 0 aromatic rings. The Morgan fingerprint density at radius 2 is 2.00 bits per heavy atom. The normalized spacial score (nSPS) is 11.9. The van der Waals surface area contributed by atoms with Crippen molar-refractivity contribution < 1.29 is 19.4 Å². The highest BCUT2D eigenvalue weighted by Gasteiger charge is 2.20. The number of amides is 2. The number of carbonyl (C=O) groups excluding carboxylic acids is 1. The van der Waals surface area contributed by atoms with Crippen LogP contribution in [-0.4, -0.2) is 54.9 Å². The van der Waals surface area contributed by atoms with E-state index in [9.17, 15) is 9.59 Å². The molecule has 6 nitrogen and oxygen atoms in total. The number of rotatable bonds is 10. The Hall–Kier alpha value is -1.30. The number of hydrogen-bond donors (Lipinski definition) is 2. The zero-order chi connectivity index (χ0) is 14.7. The van der Waals surface area contributed by atoms with Gasteiger partial charge in [0.2, 0.25) is 0 Å². The van der Waals surface area contributed by atoms with Crippen LogP contribution in [0.3, 0.4) is 0 Å². The van der Waals surface area contributed by atoms with Gasteiger partial charge in [0.05, 0.1) is 6.42 Å². The van der Waals surface area contributed by atoms with E-state index in [4.69, 9.17) is 9.84 Å². The Morgan fingerprint density at radius 3 is 2.53 bits per heavy atom. The van der Waals surface area contributed by atoms with Gasteiger partial charge in [0, 0.05) is 32.8 Å². The largest absolute Gasteiger partial charge is 0.481 e. The molecule has 0 saturated carbocycles. The molecule has 0 bridgehead atoms. The first kappa shape index (κ1) is 17.7. The van der Waals surface area contributed by atoms with Crippen LogP contribution < -0.4 is 5.32 Å². The van der Waals surface area contributed by atoms with Gasteiger partial charge < -0.3 is 20.1 Å². The lowest BCUT2D eigenvalue weighted by Crippen LogP contribution is -2.45. The lowest BCUT2D eigenvalue weighted by atomic mass is 10.2. The molecule has 0 rings (SSSR count). The van der Waals surface area contributed by atoms with E-state index in [0.717, 1.165) is 25.9 Å². The highest BCUT2D eigenvalue weighted by atomic mass is 16.5. The third kappa shape index (κ3) is 8.42. The second-order valence-electron chi connectivity index (χ2n) is 4.52. The average molecular weight is 274 g/mol. The van der Waals surface area contributed by atoms with Gasteiger partial charge in [-0.3, -0.25) is 4.79 Å². The lowest BCUT2D eigenvalue weighted by Gasteiger charge is -2.27. The zero-order valence-electron chi connectivity index (χ0n) is 12.1. The van der Waals surface area contributed by atoms with E-state index in [1.807, 2.05) is 6.92 Å². The molecule has 6 heteroatoms. The van der Waals surface area contributed by atoms with E-state index >= 15 is 0 Å². The molecule has 1 unspecified atom stereocenters. The molecule has 112 valence electrons. The van der Waals surface area contributed by atoms with Crippen molar-refractivity contribution >= 4 is 12.0 Å². The minimum atomic E-state index is -0.890. The Morgan fingerprint density at radius 1 is 1.32 bits per heavy atom. The topological polar surface area (TPSA) is 78.9 Å². The fourth-order valence-corrected chi connectivity index (χ4v) is 1.86. The van der Waals surface area contributed by atoms with Gasteiger partial charge in [0.25, 0.3) is 0 Å². The SMILES string of the molecule is CCN(C(=O)NCCCCCOC)C(C)CC(=O)O. The average Bonchev–Trinajstić information content (AvgIpc) is 2.33. The molecule has 0 aromatic heterocycles. The van der Waals surface area contributed by atoms with Gasteiger partial charge in [-0.15, -0.1) is 0 Å². The van der Waals surface area contributed by atoms with Crippen LogP contribution >= 0.6 is 0 Å². The van der Waals surface area contributed by atoms with E-state index in [-0.39, 0.29) is 18.5 Å². The number of nitrogens with one attached hydrogen (secondary N) is 1. The summed E-state index contributed by atoms with van der Waals surface area (Å²) in [4.78, 5) is 24.1. The van der Waals surface area contributed by atoms with Crippen molar-refractivity contribution in [3.05, 3.63) is 0 Å². The van der Waals surface area contributed by atoms with Crippen molar-refractivity contribution in [2.45, 2.75) is 45.6 Å². The number of ether oxygens (including phenoxy) is 1. The molecule has 0 radical (unpaired) electrons. The predicted molar refractivity (Wildman–Crippen MR) is 73.2 cm³/mol. The van der Waals surface area contributed by atoms with Crippen LogP contribution in [0.2, 0.25) is 0 Å². The van der Waals surface area contributed by atoms with Crippen molar-refractivity contribution in [3.8, 4) is 0 Å². The quantitative estimate of drug-likeness (QED) is 0.594. The Bertz CT molecular complexity index is 271. The summed E-state index contributed by atoms with van der Waals surface area (Å²) in [6.45, 7) is 5.44. The maximum absolute atomic E-state index is 11.9. The van der Waals surface area contributed by atoms with E-state index in [2.05, 4.69) is 5.32 Å². The molecule has 0 aliphatic carbocycles. The zero-order valence-corrected chi connectivity index (χ0v) is 12.1. The van der Waals surface area contributed by atoms with Crippen LogP contribution in [0, 0.1) is 0 Å². The summed E-state index contributed by atoms with van der Waals surface area (Å²) < 4.78 is 4.94. The number of unbranched alkanes of at least 4 members (excludes halogenated alkanes) is 2. The number of carboxylic acids is 1. The number of methoxy groups -OCH3 is 1. The highest BCUT2D eigenvalue weighted by Crippen LogP contribution is 2.04. The number of carboxylic acid groups (broad SMARTS) is 1. The molecule has 0 fully saturated rings. The third-order valence-corrected chi connectivity index (χ3v) is 2.91. The molecule has 2 amide bonds. The number of carbonyl (C=O) groups is 2. The van der Waals surface area contributed by atoms with Crippen LogP contribution in [0.1, 0.15) is 39.5 Å². The molecule has 0 spiro atoms. The van der Waals surface area contributed by atoms with Gasteiger partial charge in [0.1, 0.15) is 0 Å². The predicted octanol–water partition coefficient (Wildman–Crippen LogP) is 1.70. The molecular weight excluding hydrogens is 248 g/mol. The number of nitrogens with zero attached hydrogens (tertiary/aromatic N) is 1. The number of urea groups is 1. The lowest BCUT2D eigenvalue weighted by molar-refractivity contribution is -0.138. The smallest absolute Gasteiger partial charge is 0.317 e. The van der Waals surface area contributed by atoms with Gasteiger partial charge in [-0.05, 0) is 33.1 Å². The third-order valence-electron chi connectivity index (χ3n) is 2.91. The molecule has 0 aliphatic heterocycles. The fourth-order valence-electron chi connectivity index (χ4n) is 1.86. The Kier molecular flexibility index (Phi) is 9.88. The van der Waals surface area contributed by atoms with Gasteiger partial charge in [-0.25, -0.2) is 4.79 Å². The Labute approximate surface area is 115 Å². The summed E-state index contributed by atoms with van der Waals surface area (Å²) in [6.07, 6.45) is 2.86. The summed E-state index contributed by atoms with van der Waals surface area (Å²) in [7, 11) is 1.67. The second-order valence-corrected chi connectivity index (χ2v) is 4.52. The van der Waals surface area contributed by atoms with E-state index in [1.54, 1.807) is 18.9 Å². The van der Waals surface area contributed by atoms with E-state index in [0.29, 0.717) is 13.1 Å². The van der Waals surface area contributed by atoms with Crippen molar-refractivity contribution in [1.82, 2.24) is 10.2 Å². The first-order valence-electron chi connectivity index (χ1n) is 6.78. The molecule has 1 atom stereocenters. The van der Waals surface area contributed by atoms with Crippen LogP contribution in [-0.2, 0) is 9.53 Å². The van der Waals surface area contributed by atoms with Gasteiger partial charge >= 0.3 is 12.0 Å². The van der Waals surface area contributed by atoms with Crippen molar-refractivity contribution in [2.75, 3.05) is 26.8 Å². The van der Waals surface area contributed by atoms with Crippen molar-refractivity contribution in [3.63, 3.8) is 0 Å². The molecule has 0 heterocycles. The summed E-state index contributed by atoms with van der Waals surface area (Å²) in [5.74, 6) is -0.890. The molecular formula is C13H26N2O4. The number of hydrogen-bond acceptors (Lipinski definition) is 3. The van der Waals surface area contributed by atoms with Crippen molar-refractivity contribution in [1.29, 1.82) is 0 Å². The highest BCUT2D eigenvalue weighted by molar-refractivity contribution is 5.75. The summed E-state index contributed by atoms with van der Waals surface area (Å²) >= 11 is 0. The molecule has 0 aromatic carbocycles. The summed E-state index contributed by atoms with van der Waals surface area (Å²) in [5, 5.41) is 11.6. The maximum atomic E-state index is 11.9. The monoisotopic (exact) mass is 274 g/mol. The second kappa shape index (κ2) is 10.6. The van der Waals surface area contributed by atoms with Crippen LogP contribution in [0.5, 0.6) is 0 Å². The standard InChI is InChI=1S/C13H26N2O4/c1-4-15(11(2)10-12(16)17)13(18)14-8-6-5-7-9-19-3/h11H,4-10H2,1-3H3,(H,14,18)(H,16,17). The maximum Gasteiger partial charge on any atom is 0.317 e. The molecule has 0 saturated heterocycles. The van der Waals surface area contributed by atoms with Crippen LogP contribution in [0.25, 0.3) is 0 Å². The summed E-state index contributed by atoms with van der Waals surface area (Å²) in [5.41, 5.74) is 0. The van der Waals surface area contributed by atoms with Crippen molar-refractivity contribution in [2.24, 2.45) is 0 Å². The minimum absolute atomic E-state index is 0.0326. The molecule has 2 N–H and O–H groups in total. The molecule has 0 aliphatic rings. The minimum Gasteiger partial charge on any atom is -0.481 e. The van der Waals surface area contributed by atoms with E-state index < -0.39 is 5.97 Å². The first-order valence-corrected chi connectivity index (χ1v) is 6.78. The van der Waals surface area contributed by atoms with E-state index in [1.165, 1.54) is 0 Å². The molecule has 19 heavy (non-hydrogen) atoms. The van der Waals surface area contributed by atoms with Gasteiger partial charge in [-0.1, -0.05) is 0 Å².